The van der Waals surface area contributed by atoms with E-state index in [-0.39, 0.29) is 18.0 Å². The van der Waals surface area contributed by atoms with Crippen LogP contribution in [0, 0.1) is 0 Å². The van der Waals surface area contributed by atoms with E-state index in [1.807, 2.05) is 43.3 Å². The number of benzene rings is 1. The summed E-state index contributed by atoms with van der Waals surface area (Å²) in [5.41, 5.74) is 2.59. The Labute approximate surface area is 147 Å². The summed E-state index contributed by atoms with van der Waals surface area (Å²) in [7, 11) is 0. The number of aromatic nitrogens is 1. The number of amides is 3. The zero-order chi connectivity index (χ0) is 17.6. The number of hydrogen-bond acceptors (Lipinski definition) is 3. The van der Waals surface area contributed by atoms with E-state index in [0.29, 0.717) is 12.1 Å². The van der Waals surface area contributed by atoms with Gasteiger partial charge in [-0.15, -0.1) is 0 Å². The van der Waals surface area contributed by atoms with Gasteiger partial charge in [0.25, 0.3) is 0 Å². The fourth-order valence-corrected chi connectivity index (χ4v) is 2.99. The number of pyridine rings is 1. The minimum atomic E-state index is -0.256. The van der Waals surface area contributed by atoms with E-state index in [4.69, 9.17) is 0 Å². The molecule has 1 aliphatic rings. The van der Waals surface area contributed by atoms with Crippen LogP contribution in [-0.2, 0) is 4.79 Å². The van der Waals surface area contributed by atoms with Crippen LogP contribution in [0.5, 0.6) is 0 Å². The highest BCUT2D eigenvalue weighted by Gasteiger charge is 2.21. The highest BCUT2D eigenvalue weighted by molar-refractivity contribution is 5.96. The van der Waals surface area contributed by atoms with Crippen molar-refractivity contribution < 1.29 is 9.59 Å². The van der Waals surface area contributed by atoms with Crippen molar-refractivity contribution in [3.05, 3.63) is 54.4 Å². The minimum absolute atomic E-state index is 0.0653. The van der Waals surface area contributed by atoms with Crippen molar-refractivity contribution in [3.63, 3.8) is 0 Å². The van der Waals surface area contributed by atoms with Gasteiger partial charge in [0.15, 0.2) is 0 Å². The lowest BCUT2D eigenvalue weighted by molar-refractivity contribution is -0.117. The van der Waals surface area contributed by atoms with E-state index >= 15 is 0 Å². The smallest absolute Gasteiger partial charge is 0.319 e. The maximum absolute atomic E-state index is 12.2. The molecule has 0 spiro atoms. The summed E-state index contributed by atoms with van der Waals surface area (Å²) in [6.45, 7) is 2.78. The van der Waals surface area contributed by atoms with Crippen molar-refractivity contribution in [1.29, 1.82) is 0 Å². The van der Waals surface area contributed by atoms with Crippen molar-refractivity contribution in [2.24, 2.45) is 0 Å². The average Bonchev–Trinajstić information content (AvgIpc) is 3.07. The van der Waals surface area contributed by atoms with Crippen LogP contribution < -0.4 is 15.5 Å². The van der Waals surface area contributed by atoms with Crippen LogP contribution in [0.1, 0.15) is 37.8 Å². The van der Waals surface area contributed by atoms with E-state index in [2.05, 4.69) is 15.6 Å². The number of nitrogens with one attached hydrogen (secondary N) is 2. The summed E-state index contributed by atoms with van der Waals surface area (Å²) in [4.78, 5) is 29.8. The second-order valence-corrected chi connectivity index (χ2v) is 6.04. The molecule has 0 unspecified atom stereocenters. The third kappa shape index (κ3) is 4.15. The zero-order valence-electron chi connectivity index (χ0n) is 14.2. The topological polar surface area (TPSA) is 74.3 Å². The maximum Gasteiger partial charge on any atom is 0.319 e. The molecule has 1 fully saturated rings. The van der Waals surface area contributed by atoms with Crippen LogP contribution in [0.2, 0.25) is 0 Å². The molecule has 6 nitrogen and oxygen atoms in total. The van der Waals surface area contributed by atoms with E-state index in [9.17, 15) is 9.59 Å². The summed E-state index contributed by atoms with van der Waals surface area (Å²) >= 11 is 0. The first-order valence-electron chi connectivity index (χ1n) is 8.55. The molecule has 25 heavy (non-hydrogen) atoms. The minimum Gasteiger partial charge on any atom is -0.331 e. The molecule has 1 saturated heterocycles. The molecule has 0 aliphatic carbocycles. The number of urea groups is 1. The molecule has 6 heteroatoms. The number of anilines is 2. The molecule has 1 aromatic heterocycles. The lowest BCUT2D eigenvalue weighted by atomic mass is 10.1. The van der Waals surface area contributed by atoms with Crippen LogP contribution >= 0.6 is 0 Å². The summed E-state index contributed by atoms with van der Waals surface area (Å²) in [6, 6.07) is 10.8. The van der Waals surface area contributed by atoms with E-state index in [0.717, 1.165) is 30.6 Å². The Morgan fingerprint density at radius 2 is 1.92 bits per heavy atom. The van der Waals surface area contributed by atoms with Crippen LogP contribution in [0.3, 0.4) is 0 Å². The number of carbonyl (C=O) groups excluding carboxylic acids is 2. The lowest BCUT2D eigenvalue weighted by Crippen LogP contribution is -2.32. The summed E-state index contributed by atoms with van der Waals surface area (Å²) in [6.07, 6.45) is 5.73. The van der Waals surface area contributed by atoms with Crippen LogP contribution in [0.25, 0.3) is 0 Å². The van der Waals surface area contributed by atoms with Crippen molar-refractivity contribution in [3.8, 4) is 0 Å². The molecule has 1 atom stereocenters. The Morgan fingerprint density at radius 1 is 1.20 bits per heavy atom. The van der Waals surface area contributed by atoms with Gasteiger partial charge in [-0.25, -0.2) is 4.79 Å². The molecular weight excluding hydrogens is 316 g/mol. The Balaban J connectivity index is 1.60. The standard InChI is InChI=1S/C19H22N4O2/c1-2-17(14-9-11-20-12-10-14)22-19(25)21-15-5-7-16(8-6-15)23-13-3-4-18(23)24/h5-12,17H,2-4,13H2,1H3,(H2,21,22,25)/t17-/m1/s1. The van der Waals surface area contributed by atoms with Crippen molar-refractivity contribution >= 4 is 23.3 Å². The second-order valence-electron chi connectivity index (χ2n) is 6.04. The third-order valence-electron chi connectivity index (χ3n) is 4.33. The molecule has 130 valence electrons. The summed E-state index contributed by atoms with van der Waals surface area (Å²) in [5, 5.41) is 5.80. The van der Waals surface area contributed by atoms with Crippen molar-refractivity contribution in [2.75, 3.05) is 16.8 Å². The molecule has 3 rings (SSSR count). The number of hydrogen-bond donors (Lipinski definition) is 2. The first kappa shape index (κ1) is 17.0. The van der Waals surface area contributed by atoms with Crippen LogP contribution in [0.4, 0.5) is 16.2 Å². The maximum atomic E-state index is 12.2. The summed E-state index contributed by atoms with van der Waals surface area (Å²) < 4.78 is 0. The molecule has 2 N–H and O–H groups in total. The normalized spacial score (nSPS) is 15.1. The molecule has 0 radical (unpaired) electrons. The van der Waals surface area contributed by atoms with Gasteiger partial charge in [-0.1, -0.05) is 6.92 Å². The Bertz CT molecular complexity index is 731. The molecule has 0 saturated carbocycles. The Morgan fingerprint density at radius 3 is 2.52 bits per heavy atom. The van der Waals surface area contributed by atoms with Crippen molar-refractivity contribution in [2.45, 2.75) is 32.2 Å². The highest BCUT2D eigenvalue weighted by atomic mass is 16.2. The second kappa shape index (κ2) is 7.79. The molecule has 1 aliphatic heterocycles. The van der Waals surface area contributed by atoms with Crippen LogP contribution in [0.15, 0.2) is 48.8 Å². The molecule has 2 aromatic rings. The molecule has 2 heterocycles. The highest BCUT2D eigenvalue weighted by Crippen LogP contribution is 2.23. The van der Waals surface area contributed by atoms with Gasteiger partial charge in [0.2, 0.25) is 5.91 Å². The number of nitrogens with zero attached hydrogens (tertiary/aromatic N) is 2. The fraction of sp³-hybridized carbons (Fsp3) is 0.316. The van der Waals surface area contributed by atoms with Gasteiger partial charge in [-0.05, 0) is 54.8 Å². The predicted octanol–water partition coefficient (Wildman–Crippen LogP) is 3.48. The van der Waals surface area contributed by atoms with Gasteiger partial charge in [0, 0.05) is 36.7 Å². The Hall–Kier alpha value is -2.89. The van der Waals surface area contributed by atoms with Gasteiger partial charge < -0.3 is 15.5 Å². The number of rotatable bonds is 5. The zero-order valence-corrected chi connectivity index (χ0v) is 14.2. The monoisotopic (exact) mass is 338 g/mol. The first-order chi connectivity index (χ1) is 12.2. The SMILES string of the molecule is CC[C@@H](NC(=O)Nc1ccc(N2CCCC2=O)cc1)c1ccncc1. The quantitative estimate of drug-likeness (QED) is 0.876. The third-order valence-corrected chi connectivity index (χ3v) is 4.33. The predicted molar refractivity (Wildman–Crippen MR) is 97.5 cm³/mol. The van der Waals surface area contributed by atoms with E-state index < -0.39 is 0 Å². The average molecular weight is 338 g/mol. The van der Waals surface area contributed by atoms with Gasteiger partial charge >= 0.3 is 6.03 Å². The largest absolute Gasteiger partial charge is 0.331 e. The Kier molecular flexibility index (Phi) is 5.28. The molecule has 3 amide bonds. The van der Waals surface area contributed by atoms with Gasteiger partial charge in [-0.3, -0.25) is 9.78 Å². The van der Waals surface area contributed by atoms with E-state index in [1.54, 1.807) is 17.3 Å². The lowest BCUT2D eigenvalue weighted by Gasteiger charge is -2.18. The molecular formula is C19H22N4O2. The molecule has 0 bridgehead atoms. The van der Waals surface area contributed by atoms with E-state index in [1.165, 1.54) is 0 Å². The first-order valence-corrected chi connectivity index (χ1v) is 8.55. The number of carbonyl (C=O) groups is 2. The fourth-order valence-electron chi connectivity index (χ4n) is 2.99. The van der Waals surface area contributed by atoms with Gasteiger partial charge in [0.05, 0.1) is 6.04 Å². The van der Waals surface area contributed by atoms with Gasteiger partial charge in [0.1, 0.15) is 0 Å². The van der Waals surface area contributed by atoms with Crippen molar-refractivity contribution in [1.82, 2.24) is 10.3 Å². The van der Waals surface area contributed by atoms with Gasteiger partial charge in [-0.2, -0.15) is 0 Å². The van der Waals surface area contributed by atoms with Crippen LogP contribution in [-0.4, -0.2) is 23.5 Å². The summed E-state index contributed by atoms with van der Waals surface area (Å²) in [5.74, 6) is 0.154. The molecule has 1 aromatic carbocycles.